The second-order valence-corrected chi connectivity index (χ2v) is 9.62. The van der Waals surface area contributed by atoms with Crippen LogP contribution in [0.25, 0.3) is 0 Å². The van der Waals surface area contributed by atoms with E-state index >= 15 is 0 Å². The van der Waals surface area contributed by atoms with E-state index in [9.17, 15) is 4.79 Å². The highest BCUT2D eigenvalue weighted by Crippen LogP contribution is 2.66. The summed E-state index contributed by atoms with van der Waals surface area (Å²) < 4.78 is 5.76. The van der Waals surface area contributed by atoms with Crippen LogP contribution in [-0.2, 0) is 9.53 Å². The molecule has 0 bridgehead atoms. The van der Waals surface area contributed by atoms with Gasteiger partial charge in [0.05, 0.1) is 0 Å². The minimum atomic E-state index is -0.0815. The van der Waals surface area contributed by atoms with Gasteiger partial charge in [0.25, 0.3) is 0 Å². The highest BCUT2D eigenvalue weighted by atomic mass is 16.5. The lowest BCUT2D eigenvalue weighted by Crippen LogP contribution is -2.53. The Labute approximate surface area is 141 Å². The van der Waals surface area contributed by atoms with Gasteiger partial charge in [0.2, 0.25) is 0 Å². The van der Waals surface area contributed by atoms with Crippen molar-refractivity contribution in [2.45, 2.75) is 91.1 Å². The second kappa shape index (κ2) is 5.49. The lowest BCUT2D eigenvalue weighted by Gasteiger charge is -2.60. The molecule has 0 heterocycles. The summed E-state index contributed by atoms with van der Waals surface area (Å²) in [4.78, 5) is 11.5. The van der Waals surface area contributed by atoms with Gasteiger partial charge in [-0.05, 0) is 80.5 Å². The molecule has 23 heavy (non-hydrogen) atoms. The Bertz CT molecular complexity index is 486. The maximum Gasteiger partial charge on any atom is 0.302 e. The Kier molecular flexibility index (Phi) is 3.81. The quantitative estimate of drug-likeness (QED) is 0.609. The van der Waals surface area contributed by atoms with E-state index in [0.29, 0.717) is 5.41 Å². The monoisotopic (exact) mass is 318 g/mol. The summed E-state index contributed by atoms with van der Waals surface area (Å²) in [6, 6.07) is 0. The average molecular weight is 319 g/mol. The van der Waals surface area contributed by atoms with Gasteiger partial charge in [0, 0.05) is 12.3 Å². The van der Waals surface area contributed by atoms with E-state index in [2.05, 4.69) is 13.8 Å². The third-order valence-electron chi connectivity index (χ3n) is 8.80. The van der Waals surface area contributed by atoms with Crippen molar-refractivity contribution in [3.05, 3.63) is 0 Å². The summed E-state index contributed by atoms with van der Waals surface area (Å²) >= 11 is 0. The molecule has 4 aliphatic rings. The first-order valence-electron chi connectivity index (χ1n) is 10.1. The molecule has 2 nitrogen and oxygen atoms in total. The van der Waals surface area contributed by atoms with Crippen molar-refractivity contribution >= 4 is 5.97 Å². The summed E-state index contributed by atoms with van der Waals surface area (Å²) in [6.07, 6.45) is 14.0. The molecule has 0 radical (unpaired) electrons. The van der Waals surface area contributed by atoms with Gasteiger partial charge in [-0.15, -0.1) is 0 Å². The molecule has 7 atom stereocenters. The van der Waals surface area contributed by atoms with Gasteiger partial charge in [0.15, 0.2) is 0 Å². The zero-order valence-corrected chi connectivity index (χ0v) is 15.3. The van der Waals surface area contributed by atoms with Crippen molar-refractivity contribution in [2.75, 3.05) is 0 Å². The molecule has 0 unspecified atom stereocenters. The van der Waals surface area contributed by atoms with Crippen LogP contribution in [0.2, 0.25) is 0 Å². The van der Waals surface area contributed by atoms with Crippen LogP contribution < -0.4 is 0 Å². The first kappa shape index (κ1) is 16.0. The van der Waals surface area contributed by atoms with Crippen LogP contribution in [0.5, 0.6) is 0 Å². The van der Waals surface area contributed by atoms with Crippen LogP contribution in [0.1, 0.15) is 85.0 Å². The topological polar surface area (TPSA) is 26.3 Å². The summed E-state index contributed by atoms with van der Waals surface area (Å²) in [5.74, 6) is 3.55. The number of esters is 1. The van der Waals surface area contributed by atoms with Crippen molar-refractivity contribution in [3.8, 4) is 0 Å². The van der Waals surface area contributed by atoms with Crippen LogP contribution in [0.4, 0.5) is 0 Å². The molecule has 2 heteroatoms. The second-order valence-electron chi connectivity index (χ2n) is 9.62. The predicted octanol–water partition coefficient (Wildman–Crippen LogP) is 5.35. The van der Waals surface area contributed by atoms with Gasteiger partial charge in [0.1, 0.15) is 6.10 Å². The Morgan fingerprint density at radius 3 is 2.43 bits per heavy atom. The zero-order valence-electron chi connectivity index (χ0n) is 15.3. The fraction of sp³-hybridized carbons (Fsp3) is 0.952. The molecule has 0 aromatic carbocycles. The molecule has 4 aliphatic carbocycles. The standard InChI is InChI=1S/C21H34O2/c1-14(22)23-19-10-9-17-16-8-7-15-6-4-5-12-20(15,2)18(16)11-13-21(17,19)3/h15-19H,4-13H2,1-3H3/t15-,16-,17+,18+,19+,20-,21+/m0/s1. The van der Waals surface area contributed by atoms with E-state index in [1.165, 1.54) is 57.8 Å². The third-order valence-corrected chi connectivity index (χ3v) is 8.80. The Hall–Kier alpha value is -0.530. The highest BCUT2D eigenvalue weighted by molar-refractivity contribution is 5.66. The van der Waals surface area contributed by atoms with Crippen molar-refractivity contribution in [1.29, 1.82) is 0 Å². The van der Waals surface area contributed by atoms with Gasteiger partial charge >= 0.3 is 5.97 Å². The fourth-order valence-corrected chi connectivity index (χ4v) is 7.64. The fourth-order valence-electron chi connectivity index (χ4n) is 7.64. The van der Waals surface area contributed by atoms with Crippen LogP contribution in [0, 0.1) is 34.5 Å². The minimum absolute atomic E-state index is 0.0815. The third kappa shape index (κ3) is 2.30. The summed E-state index contributed by atoms with van der Waals surface area (Å²) in [5, 5.41) is 0. The minimum Gasteiger partial charge on any atom is -0.462 e. The SMILES string of the molecule is CC(=O)O[C@@H]1CC[C@@H]2[C@@H]3CC[C@@H]4CCCC[C@]4(C)[C@@H]3CC[C@]21C. The first-order valence-corrected chi connectivity index (χ1v) is 10.1. The van der Waals surface area contributed by atoms with E-state index in [1.807, 2.05) is 0 Å². The number of hydrogen-bond acceptors (Lipinski definition) is 2. The van der Waals surface area contributed by atoms with E-state index < -0.39 is 0 Å². The normalized spacial score (nSPS) is 52.2. The summed E-state index contributed by atoms with van der Waals surface area (Å²) in [6.45, 7) is 6.65. The molecule has 130 valence electrons. The van der Waals surface area contributed by atoms with Gasteiger partial charge in [-0.25, -0.2) is 0 Å². The van der Waals surface area contributed by atoms with E-state index in [1.54, 1.807) is 6.92 Å². The number of rotatable bonds is 1. The summed E-state index contributed by atoms with van der Waals surface area (Å²) in [7, 11) is 0. The van der Waals surface area contributed by atoms with Gasteiger partial charge < -0.3 is 4.74 Å². The molecule has 4 fully saturated rings. The lowest BCUT2D eigenvalue weighted by atomic mass is 9.45. The molecular formula is C21H34O2. The van der Waals surface area contributed by atoms with Gasteiger partial charge in [-0.1, -0.05) is 26.7 Å². The number of carbonyl (C=O) groups excluding carboxylic acids is 1. The molecule has 0 N–H and O–H groups in total. The largest absolute Gasteiger partial charge is 0.462 e. The zero-order chi connectivity index (χ0) is 16.2. The van der Waals surface area contributed by atoms with Crippen LogP contribution in [-0.4, -0.2) is 12.1 Å². The molecule has 0 aliphatic heterocycles. The van der Waals surface area contributed by atoms with E-state index in [4.69, 9.17) is 4.74 Å². The molecule has 0 aromatic heterocycles. The molecule has 0 amide bonds. The Morgan fingerprint density at radius 2 is 1.65 bits per heavy atom. The number of ether oxygens (including phenoxy) is 1. The van der Waals surface area contributed by atoms with E-state index in [0.717, 1.165) is 30.1 Å². The van der Waals surface area contributed by atoms with Crippen LogP contribution in [0.15, 0.2) is 0 Å². The van der Waals surface area contributed by atoms with Crippen molar-refractivity contribution in [3.63, 3.8) is 0 Å². The van der Waals surface area contributed by atoms with Crippen LogP contribution in [0.3, 0.4) is 0 Å². The average Bonchev–Trinajstić information content (AvgIpc) is 2.83. The predicted molar refractivity (Wildman–Crippen MR) is 91.9 cm³/mol. The highest BCUT2D eigenvalue weighted by Gasteiger charge is 2.60. The maximum atomic E-state index is 11.5. The smallest absolute Gasteiger partial charge is 0.302 e. The van der Waals surface area contributed by atoms with Crippen molar-refractivity contribution in [1.82, 2.24) is 0 Å². The first-order chi connectivity index (χ1) is 10.9. The lowest BCUT2D eigenvalue weighted by molar-refractivity contribution is -0.161. The van der Waals surface area contributed by atoms with E-state index in [-0.39, 0.29) is 17.5 Å². The van der Waals surface area contributed by atoms with Crippen LogP contribution >= 0.6 is 0 Å². The Balaban J connectivity index is 1.59. The number of fused-ring (bicyclic) bond motifs is 5. The molecule has 0 saturated heterocycles. The molecule has 0 spiro atoms. The molecule has 4 saturated carbocycles. The van der Waals surface area contributed by atoms with Crippen molar-refractivity contribution < 1.29 is 9.53 Å². The van der Waals surface area contributed by atoms with Gasteiger partial charge in [-0.3, -0.25) is 4.79 Å². The van der Waals surface area contributed by atoms with Gasteiger partial charge in [-0.2, -0.15) is 0 Å². The number of hydrogen-bond donors (Lipinski definition) is 0. The van der Waals surface area contributed by atoms with Crippen molar-refractivity contribution in [2.24, 2.45) is 34.5 Å². The molecule has 4 rings (SSSR count). The maximum absolute atomic E-state index is 11.5. The molecular weight excluding hydrogens is 284 g/mol. The number of carbonyl (C=O) groups is 1. The Morgan fingerprint density at radius 1 is 0.870 bits per heavy atom. The molecule has 0 aromatic rings. The summed E-state index contributed by atoms with van der Waals surface area (Å²) in [5.41, 5.74) is 0.868.